The van der Waals surface area contributed by atoms with Gasteiger partial charge in [-0.3, -0.25) is 0 Å². The van der Waals surface area contributed by atoms with Gasteiger partial charge in [0.15, 0.2) is 0 Å². The van der Waals surface area contributed by atoms with E-state index in [4.69, 9.17) is 9.47 Å². The van der Waals surface area contributed by atoms with Crippen molar-refractivity contribution in [1.29, 1.82) is 0 Å². The highest BCUT2D eigenvalue weighted by Gasteiger charge is 2.42. The lowest BCUT2D eigenvalue weighted by Gasteiger charge is -2.40. The van der Waals surface area contributed by atoms with Crippen LogP contribution in [0.5, 0.6) is 23.0 Å². The summed E-state index contributed by atoms with van der Waals surface area (Å²) in [5.41, 5.74) is 16.2. The molecule has 0 saturated carbocycles. The second kappa shape index (κ2) is 11.7. The SMILES string of the molecule is Cc1ccc(N(c2ccc3c(c2)Oc2cccc4c2B3c2cc(C)ccc2N4c2ccc(C)cc2)c2ccc3c(c2)C(C)(C)c2ccccc2O3)cc1. The number of anilines is 6. The van der Waals surface area contributed by atoms with Crippen LogP contribution in [0.25, 0.3) is 0 Å². The highest BCUT2D eigenvalue weighted by atomic mass is 16.5. The van der Waals surface area contributed by atoms with Crippen LogP contribution in [0, 0.1) is 20.8 Å². The molecule has 0 bridgehead atoms. The van der Waals surface area contributed by atoms with Crippen LogP contribution in [-0.2, 0) is 5.41 Å². The Morgan fingerprint density at radius 1 is 0.491 bits per heavy atom. The molecule has 7 aromatic rings. The normalized spacial score (nSPS) is 14.1. The predicted octanol–water partition coefficient (Wildman–Crippen LogP) is 10.9. The van der Waals surface area contributed by atoms with Gasteiger partial charge in [0.25, 0.3) is 6.71 Å². The van der Waals surface area contributed by atoms with E-state index >= 15 is 0 Å². The molecule has 10 rings (SSSR count). The smallest absolute Gasteiger partial charge is 0.256 e. The van der Waals surface area contributed by atoms with Crippen molar-refractivity contribution in [3.05, 3.63) is 173 Å². The zero-order chi connectivity index (χ0) is 36.0. The molecule has 0 spiro atoms. The van der Waals surface area contributed by atoms with Crippen molar-refractivity contribution in [2.24, 2.45) is 0 Å². The Hall–Kier alpha value is -6.20. The Morgan fingerprint density at radius 2 is 1.13 bits per heavy atom. The summed E-state index contributed by atoms with van der Waals surface area (Å²) in [4.78, 5) is 4.73. The third-order valence-corrected chi connectivity index (χ3v) is 11.4. The number of para-hydroxylation sites is 1. The minimum absolute atomic E-state index is 0.0326. The van der Waals surface area contributed by atoms with Gasteiger partial charge >= 0.3 is 0 Å². The summed E-state index contributed by atoms with van der Waals surface area (Å²) >= 11 is 0. The first-order valence-corrected chi connectivity index (χ1v) is 18.5. The van der Waals surface area contributed by atoms with Crippen molar-refractivity contribution < 1.29 is 9.47 Å². The monoisotopic (exact) mass is 686 g/mol. The Kier molecular flexibility index (Phi) is 6.94. The zero-order valence-corrected chi connectivity index (χ0v) is 30.6. The van der Waals surface area contributed by atoms with Crippen LogP contribution in [0.15, 0.2) is 146 Å². The summed E-state index contributed by atoms with van der Waals surface area (Å²) in [6.45, 7) is 11.1. The maximum absolute atomic E-state index is 6.94. The molecule has 0 saturated heterocycles. The van der Waals surface area contributed by atoms with E-state index in [-0.39, 0.29) is 12.1 Å². The molecule has 256 valence electrons. The van der Waals surface area contributed by atoms with E-state index < -0.39 is 0 Å². The fourth-order valence-electron chi connectivity index (χ4n) is 8.61. The van der Waals surface area contributed by atoms with Crippen LogP contribution >= 0.6 is 0 Å². The molecule has 4 nitrogen and oxygen atoms in total. The second-order valence-corrected chi connectivity index (χ2v) is 15.3. The number of hydrogen-bond acceptors (Lipinski definition) is 4. The largest absolute Gasteiger partial charge is 0.458 e. The minimum Gasteiger partial charge on any atom is -0.458 e. The van der Waals surface area contributed by atoms with Crippen molar-refractivity contribution in [2.75, 3.05) is 9.80 Å². The van der Waals surface area contributed by atoms with Crippen LogP contribution in [0.4, 0.5) is 34.1 Å². The molecular weight excluding hydrogens is 647 g/mol. The number of benzene rings is 7. The molecule has 0 amide bonds. The fourth-order valence-corrected chi connectivity index (χ4v) is 8.61. The van der Waals surface area contributed by atoms with E-state index in [2.05, 4.69) is 184 Å². The van der Waals surface area contributed by atoms with Gasteiger partial charge < -0.3 is 19.3 Å². The number of ether oxygens (including phenoxy) is 2. The third-order valence-electron chi connectivity index (χ3n) is 11.4. The highest BCUT2D eigenvalue weighted by Crippen LogP contribution is 2.50. The number of nitrogens with zero attached hydrogens (tertiary/aromatic N) is 2. The summed E-state index contributed by atoms with van der Waals surface area (Å²) in [7, 11) is 0. The Labute approximate surface area is 312 Å². The molecule has 53 heavy (non-hydrogen) atoms. The Balaban J connectivity index is 1.13. The Bertz CT molecular complexity index is 2590. The molecule has 3 heterocycles. The van der Waals surface area contributed by atoms with Gasteiger partial charge in [0.1, 0.15) is 23.0 Å². The molecule has 0 radical (unpaired) electrons. The summed E-state index contributed by atoms with van der Waals surface area (Å²) in [5.74, 6) is 3.59. The number of rotatable bonds is 4. The second-order valence-electron chi connectivity index (χ2n) is 15.3. The molecule has 0 aromatic heterocycles. The molecule has 0 aliphatic carbocycles. The third kappa shape index (κ3) is 4.91. The van der Waals surface area contributed by atoms with E-state index in [1.54, 1.807) is 0 Å². The van der Waals surface area contributed by atoms with E-state index in [0.29, 0.717) is 0 Å². The molecule has 0 fully saturated rings. The molecular formula is C48H39BN2O2. The number of fused-ring (bicyclic) bond motifs is 6. The van der Waals surface area contributed by atoms with Crippen molar-refractivity contribution in [3.8, 4) is 23.0 Å². The van der Waals surface area contributed by atoms with Gasteiger partial charge in [0, 0.05) is 56.7 Å². The summed E-state index contributed by atoms with van der Waals surface area (Å²) in [6.07, 6.45) is 0. The van der Waals surface area contributed by atoms with Crippen molar-refractivity contribution in [3.63, 3.8) is 0 Å². The summed E-state index contributed by atoms with van der Waals surface area (Å²) in [6, 6.07) is 52.6. The minimum atomic E-state index is -0.238. The van der Waals surface area contributed by atoms with Crippen molar-refractivity contribution in [1.82, 2.24) is 0 Å². The van der Waals surface area contributed by atoms with Gasteiger partial charge in [-0.25, -0.2) is 0 Å². The van der Waals surface area contributed by atoms with Crippen LogP contribution in [0.1, 0.15) is 41.7 Å². The van der Waals surface area contributed by atoms with Gasteiger partial charge in [-0.15, -0.1) is 0 Å². The van der Waals surface area contributed by atoms with E-state index in [9.17, 15) is 0 Å². The van der Waals surface area contributed by atoms with E-state index in [1.165, 1.54) is 44.3 Å². The number of aryl methyl sites for hydroxylation is 3. The lowest BCUT2D eigenvalue weighted by molar-refractivity contribution is 0.418. The van der Waals surface area contributed by atoms with Gasteiger partial charge in [0.05, 0.1) is 0 Å². The first-order valence-electron chi connectivity index (χ1n) is 18.5. The predicted molar refractivity (Wildman–Crippen MR) is 220 cm³/mol. The van der Waals surface area contributed by atoms with Gasteiger partial charge in [-0.05, 0) is 110 Å². The maximum atomic E-state index is 6.94. The van der Waals surface area contributed by atoms with Crippen LogP contribution < -0.4 is 35.7 Å². The quantitative estimate of drug-likeness (QED) is 0.172. The van der Waals surface area contributed by atoms with Gasteiger partial charge in [-0.2, -0.15) is 0 Å². The van der Waals surface area contributed by atoms with Crippen molar-refractivity contribution in [2.45, 2.75) is 40.0 Å². The van der Waals surface area contributed by atoms with Gasteiger partial charge in [-0.1, -0.05) is 97.3 Å². The molecule has 7 aromatic carbocycles. The molecule has 5 heteroatoms. The van der Waals surface area contributed by atoms with Crippen LogP contribution in [0.3, 0.4) is 0 Å². The lowest BCUT2D eigenvalue weighted by atomic mass is 9.34. The highest BCUT2D eigenvalue weighted by molar-refractivity contribution is 6.99. The maximum Gasteiger partial charge on any atom is 0.256 e. The zero-order valence-electron chi connectivity index (χ0n) is 30.6. The Morgan fingerprint density at radius 3 is 1.94 bits per heavy atom. The fraction of sp³-hybridized carbons (Fsp3) is 0.125. The first kappa shape index (κ1) is 31.5. The van der Waals surface area contributed by atoms with Crippen LogP contribution in [-0.4, -0.2) is 6.71 Å². The average Bonchev–Trinajstić information content (AvgIpc) is 3.16. The van der Waals surface area contributed by atoms with Gasteiger partial charge in [0.2, 0.25) is 0 Å². The molecule has 0 atom stereocenters. The van der Waals surface area contributed by atoms with Crippen LogP contribution in [0.2, 0.25) is 0 Å². The van der Waals surface area contributed by atoms with E-state index in [1.807, 2.05) is 6.07 Å². The summed E-state index contributed by atoms with van der Waals surface area (Å²) < 4.78 is 13.4. The first-order chi connectivity index (χ1) is 25.7. The average molecular weight is 687 g/mol. The topological polar surface area (TPSA) is 24.9 Å². The van der Waals surface area contributed by atoms with Crippen molar-refractivity contribution >= 4 is 57.2 Å². The van der Waals surface area contributed by atoms with E-state index in [0.717, 1.165) is 57.0 Å². The summed E-state index contributed by atoms with van der Waals surface area (Å²) in [5, 5.41) is 0. The molecule has 0 N–H and O–H groups in total. The number of hydrogen-bond donors (Lipinski definition) is 0. The standard InChI is InChI=1S/C48H39BN2O2/c1-30-13-18-33(19-14-30)50(35-23-26-44-38(28-35)48(4,5)37-9-6-7-11-43(37)52-44)36-22-24-39-46(29-36)53-45-12-8-10-42-47(45)49(39)40-27-32(3)17-25-41(40)51(42)34-20-15-31(2)16-21-34/h6-29H,1-5H3. The molecule has 3 aliphatic rings. The molecule has 3 aliphatic heterocycles. The molecule has 0 unspecified atom stereocenters. The lowest BCUT2D eigenvalue weighted by Crippen LogP contribution is -2.59.